The zero-order chi connectivity index (χ0) is 16.2. The summed E-state index contributed by atoms with van der Waals surface area (Å²) in [4.78, 5) is 11.5. The molecule has 0 atom stereocenters. The molecule has 3 aromatic rings. The Balaban J connectivity index is 1.92. The van der Waals surface area contributed by atoms with Crippen LogP contribution in [0.4, 0.5) is 5.69 Å². The lowest BCUT2D eigenvalue weighted by atomic mass is 10.0. The van der Waals surface area contributed by atoms with Crippen LogP contribution in [0, 0.1) is 11.3 Å². The lowest BCUT2D eigenvalue weighted by molar-refractivity contribution is 0.101. The van der Waals surface area contributed by atoms with E-state index in [1.807, 2.05) is 18.2 Å². The van der Waals surface area contributed by atoms with Gasteiger partial charge in [0.25, 0.3) is 0 Å². The summed E-state index contributed by atoms with van der Waals surface area (Å²) in [5.74, 6) is -0.0114. The van der Waals surface area contributed by atoms with Crippen molar-refractivity contribution in [2.45, 2.75) is 13.5 Å². The largest absolute Gasteiger partial charge is 0.380 e. The van der Waals surface area contributed by atoms with Crippen molar-refractivity contribution in [2.75, 3.05) is 5.32 Å². The van der Waals surface area contributed by atoms with E-state index in [1.54, 1.807) is 18.2 Å². The van der Waals surface area contributed by atoms with E-state index in [0.717, 1.165) is 5.56 Å². The number of hydrogen-bond donors (Lipinski definition) is 1. The second kappa shape index (κ2) is 6.33. The molecular formula is C20H16N2O. The number of carbonyl (C=O) groups is 1. The molecule has 0 aliphatic carbocycles. The number of benzene rings is 3. The van der Waals surface area contributed by atoms with Crippen LogP contribution in [0.1, 0.15) is 28.4 Å². The van der Waals surface area contributed by atoms with E-state index in [9.17, 15) is 10.1 Å². The standard InChI is InChI=1S/C20H16N2O/c1-14(23)16-9-10-17(12-21)20(11-16)22-13-18-7-4-6-15-5-2-3-8-19(15)18/h2-11,22H,13H2,1H3. The van der Waals surface area contributed by atoms with Crippen molar-refractivity contribution in [2.24, 2.45) is 0 Å². The molecule has 3 rings (SSSR count). The summed E-state index contributed by atoms with van der Waals surface area (Å²) in [6, 6.07) is 21.6. The van der Waals surface area contributed by atoms with Crippen LogP contribution in [0.15, 0.2) is 60.7 Å². The highest BCUT2D eigenvalue weighted by atomic mass is 16.1. The second-order valence-corrected chi connectivity index (χ2v) is 5.42. The number of anilines is 1. The van der Waals surface area contributed by atoms with Gasteiger partial charge >= 0.3 is 0 Å². The van der Waals surface area contributed by atoms with Crippen LogP contribution < -0.4 is 5.32 Å². The monoisotopic (exact) mass is 300 g/mol. The maximum absolute atomic E-state index is 11.5. The normalized spacial score (nSPS) is 10.3. The molecule has 0 saturated heterocycles. The van der Waals surface area contributed by atoms with Gasteiger partial charge in [0, 0.05) is 12.1 Å². The number of nitrogens with zero attached hydrogens (tertiary/aromatic N) is 1. The average molecular weight is 300 g/mol. The van der Waals surface area contributed by atoms with Gasteiger partial charge in [-0.15, -0.1) is 0 Å². The molecule has 3 nitrogen and oxygen atoms in total. The molecular weight excluding hydrogens is 284 g/mol. The SMILES string of the molecule is CC(=O)c1ccc(C#N)c(NCc2cccc3ccccc23)c1. The molecule has 0 aromatic heterocycles. The molecule has 0 amide bonds. The summed E-state index contributed by atoms with van der Waals surface area (Å²) in [5, 5.41) is 14.9. The van der Waals surface area contributed by atoms with E-state index in [4.69, 9.17) is 0 Å². The molecule has 0 radical (unpaired) electrons. The molecule has 0 unspecified atom stereocenters. The van der Waals surface area contributed by atoms with Crippen molar-refractivity contribution in [1.29, 1.82) is 5.26 Å². The van der Waals surface area contributed by atoms with Gasteiger partial charge in [0.2, 0.25) is 0 Å². The topological polar surface area (TPSA) is 52.9 Å². The number of carbonyl (C=O) groups excluding carboxylic acids is 1. The van der Waals surface area contributed by atoms with Crippen LogP contribution in [0.25, 0.3) is 10.8 Å². The fraction of sp³-hybridized carbons (Fsp3) is 0.100. The lowest BCUT2D eigenvalue weighted by Crippen LogP contribution is -2.03. The van der Waals surface area contributed by atoms with Crippen molar-refractivity contribution >= 4 is 22.2 Å². The third-order valence-corrected chi connectivity index (χ3v) is 3.90. The summed E-state index contributed by atoms with van der Waals surface area (Å²) in [5.41, 5.74) is 2.98. The molecule has 0 heterocycles. The molecule has 3 aromatic carbocycles. The molecule has 23 heavy (non-hydrogen) atoms. The van der Waals surface area contributed by atoms with Crippen LogP contribution in [0.3, 0.4) is 0 Å². The van der Waals surface area contributed by atoms with E-state index >= 15 is 0 Å². The van der Waals surface area contributed by atoms with E-state index < -0.39 is 0 Å². The number of Topliss-reactive ketones (excluding diaryl/α,β-unsaturated/α-hetero) is 1. The van der Waals surface area contributed by atoms with Crippen molar-refractivity contribution in [1.82, 2.24) is 0 Å². The van der Waals surface area contributed by atoms with Gasteiger partial charge in [-0.3, -0.25) is 4.79 Å². The molecule has 112 valence electrons. The summed E-state index contributed by atoms with van der Waals surface area (Å²) in [6.07, 6.45) is 0. The van der Waals surface area contributed by atoms with Crippen molar-refractivity contribution in [3.8, 4) is 6.07 Å². The molecule has 0 saturated carbocycles. The van der Waals surface area contributed by atoms with E-state index in [1.165, 1.54) is 17.7 Å². The van der Waals surface area contributed by atoms with Crippen molar-refractivity contribution in [3.63, 3.8) is 0 Å². The van der Waals surface area contributed by atoms with E-state index in [-0.39, 0.29) is 5.78 Å². The molecule has 0 spiro atoms. The van der Waals surface area contributed by atoms with E-state index in [0.29, 0.717) is 23.4 Å². The molecule has 0 bridgehead atoms. The number of fused-ring (bicyclic) bond motifs is 1. The molecule has 3 heteroatoms. The Bertz CT molecular complexity index is 917. The van der Waals surface area contributed by atoms with Gasteiger partial charge in [0.1, 0.15) is 6.07 Å². The fourth-order valence-corrected chi connectivity index (χ4v) is 2.64. The molecule has 0 aliphatic heterocycles. The van der Waals surface area contributed by atoms with Gasteiger partial charge in [0.05, 0.1) is 11.3 Å². The van der Waals surface area contributed by atoms with Gasteiger partial charge in [-0.2, -0.15) is 5.26 Å². The third kappa shape index (κ3) is 3.07. The smallest absolute Gasteiger partial charge is 0.159 e. The Morgan fingerprint density at radius 3 is 2.65 bits per heavy atom. The first-order chi connectivity index (χ1) is 11.2. The molecule has 1 N–H and O–H groups in total. The van der Waals surface area contributed by atoms with E-state index in [2.05, 4.69) is 35.7 Å². The van der Waals surface area contributed by atoms with Crippen LogP contribution in [-0.2, 0) is 6.54 Å². The van der Waals surface area contributed by atoms with Crippen LogP contribution in [0.2, 0.25) is 0 Å². The summed E-state index contributed by atoms with van der Waals surface area (Å²) < 4.78 is 0. The highest BCUT2D eigenvalue weighted by Gasteiger charge is 2.07. The van der Waals surface area contributed by atoms with Gasteiger partial charge in [-0.1, -0.05) is 42.5 Å². The van der Waals surface area contributed by atoms with Crippen molar-refractivity contribution < 1.29 is 4.79 Å². The first kappa shape index (κ1) is 14.8. The first-order valence-corrected chi connectivity index (χ1v) is 7.44. The zero-order valence-corrected chi connectivity index (χ0v) is 12.8. The first-order valence-electron chi connectivity index (χ1n) is 7.44. The predicted molar refractivity (Wildman–Crippen MR) is 92.4 cm³/mol. The number of ketones is 1. The van der Waals surface area contributed by atoms with Crippen LogP contribution in [-0.4, -0.2) is 5.78 Å². The van der Waals surface area contributed by atoms with Crippen LogP contribution >= 0.6 is 0 Å². The van der Waals surface area contributed by atoms with Gasteiger partial charge in [-0.05, 0) is 41.5 Å². The van der Waals surface area contributed by atoms with Gasteiger partial charge < -0.3 is 5.32 Å². The maximum Gasteiger partial charge on any atom is 0.159 e. The summed E-state index contributed by atoms with van der Waals surface area (Å²) in [7, 11) is 0. The van der Waals surface area contributed by atoms with Crippen molar-refractivity contribution in [3.05, 3.63) is 77.4 Å². The molecule has 0 aliphatic rings. The quantitative estimate of drug-likeness (QED) is 0.720. The third-order valence-electron chi connectivity index (χ3n) is 3.90. The Hall–Kier alpha value is -3.12. The highest BCUT2D eigenvalue weighted by Crippen LogP contribution is 2.22. The fourth-order valence-electron chi connectivity index (χ4n) is 2.64. The Kier molecular flexibility index (Phi) is 4.07. The van der Waals surface area contributed by atoms with Gasteiger partial charge in [0.15, 0.2) is 5.78 Å². The summed E-state index contributed by atoms with van der Waals surface area (Å²) >= 11 is 0. The Morgan fingerprint density at radius 1 is 1.09 bits per heavy atom. The maximum atomic E-state index is 11.5. The highest BCUT2D eigenvalue weighted by molar-refractivity contribution is 5.95. The number of rotatable bonds is 4. The minimum Gasteiger partial charge on any atom is -0.380 e. The average Bonchev–Trinajstić information content (AvgIpc) is 2.59. The second-order valence-electron chi connectivity index (χ2n) is 5.42. The zero-order valence-electron chi connectivity index (χ0n) is 12.8. The molecule has 0 fully saturated rings. The predicted octanol–water partition coefficient (Wildman–Crippen LogP) is 4.53. The number of nitrogens with one attached hydrogen (secondary N) is 1. The minimum atomic E-state index is -0.0114. The minimum absolute atomic E-state index is 0.0114. The summed E-state index contributed by atoms with van der Waals surface area (Å²) in [6.45, 7) is 2.12. The number of nitriles is 1. The Labute approximate surface area is 135 Å². The lowest BCUT2D eigenvalue weighted by Gasteiger charge is -2.11. The van der Waals surface area contributed by atoms with Crippen LogP contribution in [0.5, 0.6) is 0 Å². The Morgan fingerprint density at radius 2 is 1.87 bits per heavy atom. The van der Waals surface area contributed by atoms with Gasteiger partial charge in [-0.25, -0.2) is 0 Å². The number of hydrogen-bond acceptors (Lipinski definition) is 3.